The molecule has 0 saturated carbocycles. The minimum atomic E-state index is -0.360. The third-order valence-corrected chi connectivity index (χ3v) is 2.59. The maximum absolute atomic E-state index is 10.7. The summed E-state index contributed by atoms with van der Waals surface area (Å²) in [6.45, 7) is 4.83. The molecule has 0 aromatic carbocycles. The van der Waals surface area contributed by atoms with E-state index >= 15 is 0 Å². The molecule has 0 fully saturated rings. The molecule has 0 bridgehead atoms. The van der Waals surface area contributed by atoms with Gasteiger partial charge in [-0.05, 0) is 22.9 Å². The quantitative estimate of drug-likeness (QED) is 0.761. The summed E-state index contributed by atoms with van der Waals surface area (Å²) in [6, 6.07) is 0. The fourth-order valence-electron chi connectivity index (χ4n) is 0.849. The predicted molar refractivity (Wildman–Crippen MR) is 49.4 cm³/mol. The molecule has 13 heavy (non-hydrogen) atoms. The average Bonchev–Trinajstić information content (AvgIpc) is 2.44. The van der Waals surface area contributed by atoms with Gasteiger partial charge in [-0.25, -0.2) is 0 Å². The van der Waals surface area contributed by atoms with Crippen LogP contribution in [0, 0.1) is 6.92 Å². The lowest BCUT2D eigenvalue weighted by Crippen LogP contribution is -1.98. The number of carbonyl (C=O) groups excluding carboxylic acids is 2. The monoisotopic (exact) mass is 246 g/mol. The number of hydrogen-bond acceptors (Lipinski definition) is 3. The molecule has 70 valence electrons. The van der Waals surface area contributed by atoms with Crippen molar-refractivity contribution >= 4 is 28.7 Å². The number of aromatic nitrogens is 1. The molecular weight excluding hydrogens is 238 g/mol. The van der Waals surface area contributed by atoms with Crippen molar-refractivity contribution in [3.8, 4) is 0 Å². The molecule has 4 nitrogen and oxygen atoms in total. The number of nitrogens with zero attached hydrogens (tertiary/aromatic N) is 1. The van der Waals surface area contributed by atoms with Gasteiger partial charge in [-0.15, -0.1) is 0 Å². The third kappa shape index (κ3) is 2.48. The summed E-state index contributed by atoms with van der Waals surface area (Å²) in [7, 11) is 0. The zero-order valence-corrected chi connectivity index (χ0v) is 8.76. The molecule has 0 aliphatic heterocycles. The van der Waals surface area contributed by atoms with Gasteiger partial charge in [0, 0.05) is 11.2 Å². The van der Waals surface area contributed by atoms with E-state index in [2.05, 4.69) is 32.3 Å². The summed E-state index contributed by atoms with van der Waals surface area (Å²) in [5.74, 6) is 0.295. The third-order valence-electron chi connectivity index (χ3n) is 1.57. The van der Waals surface area contributed by atoms with Gasteiger partial charge in [0.1, 0.15) is 6.42 Å². The normalized spacial score (nSPS) is 10.0. The van der Waals surface area contributed by atoms with Gasteiger partial charge in [-0.3, -0.25) is 4.42 Å². The van der Waals surface area contributed by atoms with Crippen LogP contribution >= 0.6 is 15.9 Å². The summed E-state index contributed by atoms with van der Waals surface area (Å²) in [4.78, 5) is 10.7. The van der Waals surface area contributed by atoms with E-state index in [9.17, 15) is 4.79 Å². The Balaban J connectivity index is 2.59. The molecule has 0 aliphatic rings. The maximum atomic E-state index is 10.7. The van der Waals surface area contributed by atoms with E-state index in [1.54, 1.807) is 0 Å². The first-order valence-corrected chi connectivity index (χ1v) is 4.50. The molecule has 0 spiro atoms. The minimum absolute atomic E-state index is 0.247. The molecule has 0 unspecified atom stereocenters. The van der Waals surface area contributed by atoms with Crippen molar-refractivity contribution in [1.29, 1.82) is 0 Å². The highest BCUT2D eigenvalue weighted by Gasteiger charge is 2.16. The topological polar surface area (TPSA) is 54.4 Å². The highest BCUT2D eigenvalue weighted by Crippen LogP contribution is 2.21. The summed E-state index contributed by atoms with van der Waals surface area (Å²) >= 11 is 3.30. The first-order valence-electron chi connectivity index (χ1n) is 3.70. The number of rotatable bonds is 3. The first kappa shape index (κ1) is 10.1. The largest absolute Gasteiger partial charge is 0.579 e. The SMILES string of the molecule is C=[O+]C(=O)CCc1onc(C)c1Br. The Hall–Kier alpha value is -0.970. The van der Waals surface area contributed by atoms with Crippen molar-refractivity contribution < 1.29 is 13.7 Å². The Kier molecular flexibility index (Phi) is 3.36. The molecule has 0 N–H and O–H groups in total. The number of aryl methyl sites for hydroxylation is 2. The van der Waals surface area contributed by atoms with Gasteiger partial charge in [-0.2, -0.15) is 0 Å². The van der Waals surface area contributed by atoms with Crippen molar-refractivity contribution in [3.05, 3.63) is 15.9 Å². The van der Waals surface area contributed by atoms with Crippen LogP contribution in [0.3, 0.4) is 0 Å². The fourth-order valence-corrected chi connectivity index (χ4v) is 1.19. The molecule has 1 aromatic rings. The van der Waals surface area contributed by atoms with Crippen LogP contribution in [0.1, 0.15) is 17.9 Å². The molecule has 0 saturated heterocycles. The van der Waals surface area contributed by atoms with Crippen molar-refractivity contribution in [2.45, 2.75) is 19.8 Å². The standard InChI is InChI=1S/C8H9BrNO3/c1-5-8(9)6(13-10-5)3-4-7(11)12-2/h2-4H2,1H3/q+1. The Bertz CT molecular complexity index is 332. The lowest BCUT2D eigenvalue weighted by atomic mass is 10.2. The second-order valence-electron chi connectivity index (χ2n) is 2.52. The average molecular weight is 247 g/mol. The molecule has 1 rings (SSSR count). The number of carbonyl (C=O) groups is 1. The van der Waals surface area contributed by atoms with Crippen LogP contribution in [0.5, 0.6) is 0 Å². The molecule has 0 radical (unpaired) electrons. The molecule has 1 aromatic heterocycles. The van der Waals surface area contributed by atoms with Crippen LogP contribution in [0.15, 0.2) is 9.00 Å². The van der Waals surface area contributed by atoms with Crippen molar-refractivity contribution in [1.82, 2.24) is 5.16 Å². The van der Waals surface area contributed by atoms with E-state index in [-0.39, 0.29) is 12.4 Å². The van der Waals surface area contributed by atoms with Gasteiger partial charge in [0.05, 0.1) is 10.2 Å². The van der Waals surface area contributed by atoms with E-state index < -0.39 is 0 Å². The molecular formula is C8H9BrNO3+. The Morgan fingerprint density at radius 1 is 1.77 bits per heavy atom. The van der Waals surface area contributed by atoms with Crippen molar-refractivity contribution in [3.63, 3.8) is 0 Å². The van der Waals surface area contributed by atoms with Crippen LogP contribution in [0.2, 0.25) is 0 Å². The lowest BCUT2D eigenvalue weighted by Gasteiger charge is -1.87. The highest BCUT2D eigenvalue weighted by molar-refractivity contribution is 9.10. The predicted octanol–water partition coefficient (Wildman–Crippen LogP) is 1.57. The molecule has 0 atom stereocenters. The Morgan fingerprint density at radius 3 is 2.92 bits per heavy atom. The van der Waals surface area contributed by atoms with Crippen LogP contribution in [0.25, 0.3) is 0 Å². The summed E-state index contributed by atoms with van der Waals surface area (Å²) < 4.78 is 10.0. The van der Waals surface area contributed by atoms with Crippen LogP contribution in [0.4, 0.5) is 0 Å². The number of hydrogen-bond donors (Lipinski definition) is 0. The van der Waals surface area contributed by atoms with E-state index in [0.29, 0.717) is 12.2 Å². The number of halogens is 1. The van der Waals surface area contributed by atoms with Crippen molar-refractivity contribution in [2.75, 3.05) is 0 Å². The second kappa shape index (κ2) is 4.32. The smallest absolute Gasteiger partial charge is 0.360 e. The van der Waals surface area contributed by atoms with Gasteiger partial charge in [0.25, 0.3) is 0 Å². The molecule has 1 heterocycles. The Morgan fingerprint density at radius 2 is 2.46 bits per heavy atom. The summed E-state index contributed by atoms with van der Waals surface area (Å²) in [6.07, 6.45) is 0.715. The minimum Gasteiger partial charge on any atom is -0.360 e. The van der Waals surface area contributed by atoms with Gasteiger partial charge in [0.15, 0.2) is 12.5 Å². The van der Waals surface area contributed by atoms with Gasteiger partial charge in [0.2, 0.25) is 0 Å². The summed E-state index contributed by atoms with van der Waals surface area (Å²) in [5.41, 5.74) is 0.776. The van der Waals surface area contributed by atoms with Crippen molar-refractivity contribution in [2.24, 2.45) is 0 Å². The van der Waals surface area contributed by atoms with Gasteiger partial charge >= 0.3 is 5.97 Å². The van der Waals surface area contributed by atoms with Crippen LogP contribution < -0.4 is 0 Å². The van der Waals surface area contributed by atoms with E-state index in [4.69, 9.17) is 4.52 Å². The van der Waals surface area contributed by atoms with E-state index in [1.807, 2.05) is 6.92 Å². The van der Waals surface area contributed by atoms with E-state index in [0.717, 1.165) is 10.2 Å². The second-order valence-corrected chi connectivity index (χ2v) is 3.31. The van der Waals surface area contributed by atoms with Gasteiger partial charge < -0.3 is 4.52 Å². The molecule has 0 aliphatic carbocycles. The van der Waals surface area contributed by atoms with Crippen LogP contribution in [-0.4, -0.2) is 17.9 Å². The lowest BCUT2D eigenvalue weighted by molar-refractivity contribution is -0.368. The first-order chi connectivity index (χ1) is 6.15. The van der Waals surface area contributed by atoms with Gasteiger partial charge in [-0.1, -0.05) is 5.16 Å². The molecule has 5 heteroatoms. The maximum Gasteiger partial charge on any atom is 0.579 e. The Labute approximate surface area is 83.7 Å². The summed E-state index contributed by atoms with van der Waals surface area (Å²) in [5, 5.41) is 3.73. The highest BCUT2D eigenvalue weighted by atomic mass is 79.9. The zero-order chi connectivity index (χ0) is 9.84. The van der Waals surface area contributed by atoms with E-state index in [1.165, 1.54) is 0 Å². The zero-order valence-electron chi connectivity index (χ0n) is 7.17. The fraction of sp³-hybridized carbons (Fsp3) is 0.375. The van der Waals surface area contributed by atoms with Crippen LogP contribution in [-0.2, 0) is 15.6 Å². The molecule has 0 amide bonds.